The number of Topliss-reactive ketones (excluding diaryl/α,β-unsaturated/α-hetero) is 1. The number of carbonyl (C=O) groups excluding carboxylic acids is 1. The molecule has 5 nitrogen and oxygen atoms in total. The van der Waals surface area contributed by atoms with E-state index in [1.165, 1.54) is 6.42 Å². The van der Waals surface area contributed by atoms with Crippen molar-refractivity contribution in [2.24, 2.45) is 11.8 Å². The topological polar surface area (TPSA) is 94.8 Å². The van der Waals surface area contributed by atoms with Gasteiger partial charge in [-0.25, -0.2) is 0 Å². The third-order valence-corrected chi connectivity index (χ3v) is 5.86. The Morgan fingerprint density at radius 1 is 1.17 bits per heavy atom. The SMILES string of the molecule is CCCC[C@@H](C)C[C@H](O)C=C[C@@H]1C(CCCCCCC(=O)O)=C(C(C)=O)CC1O. The fraction of sp³-hybridized carbons (Fsp3) is 0.750. The van der Waals surface area contributed by atoms with Crippen LogP contribution in [-0.4, -0.2) is 39.3 Å². The third-order valence-electron chi connectivity index (χ3n) is 5.86. The summed E-state index contributed by atoms with van der Waals surface area (Å²) < 4.78 is 0. The summed E-state index contributed by atoms with van der Waals surface area (Å²) in [5, 5.41) is 29.5. The lowest BCUT2D eigenvalue weighted by Gasteiger charge is -2.17. The normalized spacial score (nSPS) is 21.7. The molecule has 166 valence electrons. The van der Waals surface area contributed by atoms with Gasteiger partial charge in [0, 0.05) is 18.8 Å². The quantitative estimate of drug-likeness (QED) is 0.267. The van der Waals surface area contributed by atoms with E-state index >= 15 is 0 Å². The van der Waals surface area contributed by atoms with Crippen LogP contribution in [0.5, 0.6) is 0 Å². The van der Waals surface area contributed by atoms with Crippen LogP contribution in [0.3, 0.4) is 0 Å². The number of carbonyl (C=O) groups is 2. The van der Waals surface area contributed by atoms with E-state index in [4.69, 9.17) is 5.11 Å². The van der Waals surface area contributed by atoms with E-state index in [1.54, 1.807) is 13.0 Å². The Morgan fingerprint density at radius 2 is 1.86 bits per heavy atom. The van der Waals surface area contributed by atoms with E-state index in [-0.39, 0.29) is 18.1 Å². The van der Waals surface area contributed by atoms with Gasteiger partial charge in [-0.15, -0.1) is 0 Å². The second-order valence-corrected chi connectivity index (χ2v) is 8.60. The molecule has 3 N–H and O–H groups in total. The summed E-state index contributed by atoms with van der Waals surface area (Å²) in [5.41, 5.74) is 1.72. The Labute approximate surface area is 175 Å². The molecular formula is C24H40O5. The zero-order chi connectivity index (χ0) is 21.8. The molecule has 5 heteroatoms. The van der Waals surface area contributed by atoms with Crippen LogP contribution >= 0.6 is 0 Å². The molecule has 0 fully saturated rings. The zero-order valence-corrected chi connectivity index (χ0v) is 18.4. The van der Waals surface area contributed by atoms with Crippen LogP contribution in [0, 0.1) is 11.8 Å². The number of hydrogen-bond acceptors (Lipinski definition) is 4. The van der Waals surface area contributed by atoms with E-state index in [1.807, 2.05) is 6.08 Å². The minimum Gasteiger partial charge on any atom is -0.481 e. The fourth-order valence-corrected chi connectivity index (χ4v) is 4.19. The molecule has 1 aliphatic carbocycles. The third kappa shape index (κ3) is 9.72. The molecule has 0 radical (unpaired) electrons. The molecule has 1 aliphatic rings. The minimum atomic E-state index is -0.765. The van der Waals surface area contributed by atoms with Gasteiger partial charge < -0.3 is 15.3 Å². The molecule has 0 amide bonds. The molecule has 0 heterocycles. The molecule has 0 saturated heterocycles. The van der Waals surface area contributed by atoms with Gasteiger partial charge >= 0.3 is 5.97 Å². The van der Waals surface area contributed by atoms with Crippen molar-refractivity contribution in [1.82, 2.24) is 0 Å². The summed E-state index contributed by atoms with van der Waals surface area (Å²) in [6.45, 7) is 5.86. The van der Waals surface area contributed by atoms with Crippen molar-refractivity contribution in [2.45, 2.75) is 104 Å². The first-order valence-electron chi connectivity index (χ1n) is 11.2. The first-order valence-corrected chi connectivity index (χ1v) is 11.2. The van der Waals surface area contributed by atoms with E-state index in [0.29, 0.717) is 25.2 Å². The zero-order valence-electron chi connectivity index (χ0n) is 18.4. The van der Waals surface area contributed by atoms with E-state index in [2.05, 4.69) is 13.8 Å². The number of carboxylic acids is 1. The maximum Gasteiger partial charge on any atom is 0.303 e. The number of carboxylic acid groups (broad SMARTS) is 1. The molecule has 0 aromatic carbocycles. The van der Waals surface area contributed by atoms with Gasteiger partial charge in [0.1, 0.15) is 0 Å². The second-order valence-electron chi connectivity index (χ2n) is 8.60. The van der Waals surface area contributed by atoms with Gasteiger partial charge in [0.2, 0.25) is 0 Å². The molecule has 4 atom stereocenters. The van der Waals surface area contributed by atoms with Gasteiger partial charge in [0.25, 0.3) is 0 Å². The predicted molar refractivity (Wildman–Crippen MR) is 116 cm³/mol. The Bertz CT molecular complexity index is 578. The molecule has 1 unspecified atom stereocenters. The van der Waals surface area contributed by atoms with Gasteiger partial charge in [-0.05, 0) is 44.1 Å². The lowest BCUT2D eigenvalue weighted by Crippen LogP contribution is -2.16. The Hall–Kier alpha value is -1.46. The minimum absolute atomic E-state index is 0.00886. The monoisotopic (exact) mass is 408 g/mol. The Balaban J connectivity index is 2.65. The van der Waals surface area contributed by atoms with Crippen molar-refractivity contribution in [1.29, 1.82) is 0 Å². The van der Waals surface area contributed by atoms with Gasteiger partial charge in [0.05, 0.1) is 12.2 Å². The first-order chi connectivity index (χ1) is 13.8. The standard InChI is InChI=1S/C24H40O5/c1-4-5-10-17(2)15-19(26)13-14-21-20(22(18(3)25)16-23(21)27)11-8-6-7-9-12-24(28)29/h13-14,17,19,21,23,26-27H,4-12,15-16H2,1-3H3,(H,28,29)/t17-,19-,21-,23?/m1/s1. The summed E-state index contributed by atoms with van der Waals surface area (Å²) in [7, 11) is 0. The van der Waals surface area contributed by atoms with Gasteiger partial charge in [-0.1, -0.05) is 63.7 Å². The molecule has 0 bridgehead atoms. The largest absolute Gasteiger partial charge is 0.481 e. The maximum atomic E-state index is 12.0. The highest BCUT2D eigenvalue weighted by Gasteiger charge is 2.33. The number of rotatable bonds is 15. The Morgan fingerprint density at radius 3 is 2.48 bits per heavy atom. The van der Waals surface area contributed by atoms with Crippen LogP contribution in [0.4, 0.5) is 0 Å². The highest BCUT2D eigenvalue weighted by atomic mass is 16.4. The number of unbranched alkanes of at least 4 members (excludes halogenated alkanes) is 4. The van der Waals surface area contributed by atoms with Crippen molar-refractivity contribution < 1.29 is 24.9 Å². The van der Waals surface area contributed by atoms with Crippen LogP contribution < -0.4 is 0 Å². The predicted octanol–water partition coefficient (Wildman–Crippen LogP) is 4.81. The lowest BCUT2D eigenvalue weighted by atomic mass is 9.91. The molecule has 0 saturated carbocycles. The molecule has 1 rings (SSSR count). The lowest BCUT2D eigenvalue weighted by molar-refractivity contribution is -0.137. The van der Waals surface area contributed by atoms with Crippen molar-refractivity contribution in [2.75, 3.05) is 0 Å². The number of aliphatic hydroxyl groups excluding tert-OH is 2. The molecule has 0 aromatic rings. The van der Waals surface area contributed by atoms with Crippen LogP contribution in [-0.2, 0) is 9.59 Å². The van der Waals surface area contributed by atoms with Crippen LogP contribution in [0.25, 0.3) is 0 Å². The summed E-state index contributed by atoms with van der Waals surface area (Å²) in [4.78, 5) is 22.6. The molecule has 0 aromatic heterocycles. The molecule has 29 heavy (non-hydrogen) atoms. The number of aliphatic hydroxyl groups is 2. The van der Waals surface area contributed by atoms with Gasteiger partial charge in [-0.3, -0.25) is 9.59 Å². The summed E-state index contributed by atoms with van der Waals surface area (Å²) >= 11 is 0. The Kier molecular flexibility index (Phi) is 12.1. The highest BCUT2D eigenvalue weighted by molar-refractivity contribution is 5.95. The average Bonchev–Trinajstić information content (AvgIpc) is 2.96. The molecule has 0 spiro atoms. The van der Waals surface area contributed by atoms with Crippen LogP contribution in [0.2, 0.25) is 0 Å². The number of hydrogen-bond donors (Lipinski definition) is 3. The van der Waals surface area contributed by atoms with Crippen molar-refractivity contribution >= 4 is 11.8 Å². The van der Waals surface area contributed by atoms with Crippen molar-refractivity contribution in [3.8, 4) is 0 Å². The van der Waals surface area contributed by atoms with E-state index in [0.717, 1.165) is 49.7 Å². The van der Waals surface area contributed by atoms with Crippen LogP contribution in [0.15, 0.2) is 23.3 Å². The average molecular weight is 409 g/mol. The number of aliphatic carboxylic acids is 1. The molecule has 0 aliphatic heterocycles. The van der Waals surface area contributed by atoms with Crippen molar-refractivity contribution in [3.05, 3.63) is 23.3 Å². The fourth-order valence-electron chi connectivity index (χ4n) is 4.19. The van der Waals surface area contributed by atoms with Gasteiger partial charge in [0.15, 0.2) is 5.78 Å². The van der Waals surface area contributed by atoms with Crippen LogP contribution in [0.1, 0.15) is 91.4 Å². The smallest absolute Gasteiger partial charge is 0.303 e. The summed E-state index contributed by atoms with van der Waals surface area (Å²) in [5.74, 6) is -0.516. The number of ketones is 1. The van der Waals surface area contributed by atoms with Gasteiger partial charge in [-0.2, -0.15) is 0 Å². The summed E-state index contributed by atoms with van der Waals surface area (Å²) in [6, 6.07) is 0. The summed E-state index contributed by atoms with van der Waals surface area (Å²) in [6.07, 6.45) is 11.3. The van der Waals surface area contributed by atoms with E-state index in [9.17, 15) is 19.8 Å². The highest BCUT2D eigenvalue weighted by Crippen LogP contribution is 2.37. The first kappa shape index (κ1) is 25.6. The maximum absolute atomic E-state index is 12.0. The van der Waals surface area contributed by atoms with E-state index < -0.39 is 18.2 Å². The molecular weight excluding hydrogens is 368 g/mol. The second kappa shape index (κ2) is 13.7. The van der Waals surface area contributed by atoms with Crippen molar-refractivity contribution in [3.63, 3.8) is 0 Å².